The summed E-state index contributed by atoms with van der Waals surface area (Å²) in [6, 6.07) is 14.5. The lowest BCUT2D eigenvalue weighted by Crippen LogP contribution is -2.24. The topological polar surface area (TPSA) is 47.9 Å². The Morgan fingerprint density at radius 1 is 1.12 bits per heavy atom. The number of esters is 1. The first-order valence-electron chi connectivity index (χ1n) is 7.70. The van der Waals surface area contributed by atoms with E-state index in [0.29, 0.717) is 11.1 Å². The molecule has 1 aliphatic rings. The van der Waals surface area contributed by atoms with E-state index in [-0.39, 0.29) is 18.1 Å². The Balaban J connectivity index is 1.86. The third-order valence-electron chi connectivity index (χ3n) is 3.49. The Kier molecular flexibility index (Phi) is 4.61. The largest absolute Gasteiger partial charge is 0.462 e. The van der Waals surface area contributed by atoms with Gasteiger partial charge in [0, 0.05) is 11.6 Å². The van der Waals surface area contributed by atoms with Gasteiger partial charge in [-0.15, -0.1) is 0 Å². The molecule has 0 unspecified atom stereocenters. The van der Waals surface area contributed by atoms with Crippen LogP contribution in [0.4, 0.5) is 14.5 Å². The molecule has 25 heavy (non-hydrogen) atoms. The molecule has 0 atom stereocenters. The summed E-state index contributed by atoms with van der Waals surface area (Å²) in [6.45, 7) is 1.97. The van der Waals surface area contributed by atoms with Crippen molar-refractivity contribution < 1.29 is 23.0 Å². The van der Waals surface area contributed by atoms with Crippen LogP contribution in [0.3, 0.4) is 0 Å². The van der Waals surface area contributed by atoms with E-state index in [9.17, 15) is 13.6 Å². The highest BCUT2D eigenvalue weighted by Crippen LogP contribution is 2.35. The molecule has 1 heterocycles. The molecule has 0 aromatic heterocycles. The van der Waals surface area contributed by atoms with Gasteiger partial charge in [-0.1, -0.05) is 30.3 Å². The van der Waals surface area contributed by atoms with E-state index < -0.39 is 17.8 Å². The number of ether oxygens (including phenoxy) is 2. The van der Waals surface area contributed by atoms with Gasteiger partial charge in [0.05, 0.1) is 17.9 Å². The molecule has 0 amide bonds. The molecule has 2 aromatic carbocycles. The minimum absolute atomic E-state index is 0.0625. The molecule has 3 rings (SSSR count). The summed E-state index contributed by atoms with van der Waals surface area (Å²) in [7, 11) is 0. The Bertz CT molecular complexity index is 828. The quantitative estimate of drug-likeness (QED) is 0.762. The summed E-state index contributed by atoms with van der Waals surface area (Å²) in [5, 5.41) is 0. The lowest BCUT2D eigenvalue weighted by Gasteiger charge is -2.12. The predicted molar refractivity (Wildman–Crippen MR) is 89.9 cm³/mol. The molecular weight excluding hydrogens is 328 g/mol. The zero-order chi connectivity index (χ0) is 17.9. The van der Waals surface area contributed by atoms with Crippen LogP contribution in [0.25, 0.3) is 5.76 Å². The second-order valence-electron chi connectivity index (χ2n) is 5.26. The maximum Gasteiger partial charge on any atom is 0.444 e. The Hall–Kier alpha value is -3.02. The molecule has 6 heteroatoms. The van der Waals surface area contributed by atoms with Gasteiger partial charge in [0.2, 0.25) is 0 Å². The first-order chi connectivity index (χ1) is 12.0. The second-order valence-corrected chi connectivity index (χ2v) is 5.26. The van der Waals surface area contributed by atoms with Crippen LogP contribution < -0.4 is 0 Å². The fraction of sp³-hybridized carbons (Fsp3) is 0.158. The lowest BCUT2D eigenvalue weighted by molar-refractivity contribution is -0.125. The van der Waals surface area contributed by atoms with E-state index in [2.05, 4.69) is 4.99 Å². The van der Waals surface area contributed by atoms with Crippen molar-refractivity contribution in [3.8, 4) is 0 Å². The van der Waals surface area contributed by atoms with E-state index in [1.165, 1.54) is 30.3 Å². The second kappa shape index (κ2) is 6.84. The minimum atomic E-state index is -3.51. The van der Waals surface area contributed by atoms with Crippen LogP contribution in [0.2, 0.25) is 0 Å². The predicted octanol–water partition coefficient (Wildman–Crippen LogP) is 4.60. The van der Waals surface area contributed by atoms with Crippen molar-refractivity contribution in [2.24, 2.45) is 4.99 Å². The number of hydrogen-bond donors (Lipinski definition) is 0. The van der Waals surface area contributed by atoms with Gasteiger partial charge in [0.25, 0.3) is 0 Å². The van der Waals surface area contributed by atoms with Gasteiger partial charge >= 0.3 is 12.1 Å². The van der Waals surface area contributed by atoms with Gasteiger partial charge in [-0.25, -0.2) is 9.79 Å². The highest BCUT2D eigenvalue weighted by atomic mass is 19.3. The first kappa shape index (κ1) is 16.8. The summed E-state index contributed by atoms with van der Waals surface area (Å²) in [5.41, 5.74) is 0.679. The number of benzene rings is 2. The molecule has 0 N–H and O–H groups in total. The van der Waals surface area contributed by atoms with Crippen LogP contribution in [0.1, 0.15) is 22.8 Å². The highest BCUT2D eigenvalue weighted by molar-refractivity contribution is 6.08. The van der Waals surface area contributed by atoms with E-state index in [1.807, 2.05) is 0 Å². The van der Waals surface area contributed by atoms with E-state index in [0.717, 1.165) is 0 Å². The number of alkyl halides is 2. The summed E-state index contributed by atoms with van der Waals surface area (Å²) >= 11 is 0. The third-order valence-corrected chi connectivity index (χ3v) is 3.49. The molecule has 4 nitrogen and oxygen atoms in total. The molecule has 0 bridgehead atoms. The number of nitrogens with zero attached hydrogens (tertiary/aromatic N) is 1. The summed E-state index contributed by atoms with van der Waals surface area (Å²) in [4.78, 5) is 15.5. The zero-order valence-corrected chi connectivity index (χ0v) is 13.4. The number of carbonyl (C=O) groups excluding carboxylic acids is 1. The minimum Gasteiger partial charge on any atom is -0.462 e. The molecule has 0 saturated heterocycles. The maximum absolute atomic E-state index is 14.1. The van der Waals surface area contributed by atoms with Crippen molar-refractivity contribution in [2.75, 3.05) is 6.61 Å². The van der Waals surface area contributed by atoms with Crippen molar-refractivity contribution in [1.82, 2.24) is 0 Å². The summed E-state index contributed by atoms with van der Waals surface area (Å²) in [5.74, 6) is -0.407. The fourth-order valence-corrected chi connectivity index (χ4v) is 2.30. The van der Waals surface area contributed by atoms with Gasteiger partial charge in [0.1, 0.15) is 5.76 Å². The Labute approximate surface area is 143 Å². The zero-order valence-electron chi connectivity index (χ0n) is 13.4. The summed E-state index contributed by atoms with van der Waals surface area (Å²) < 4.78 is 37.7. The maximum atomic E-state index is 14.1. The number of aliphatic imine (C=N–C) groups is 1. The van der Waals surface area contributed by atoms with E-state index in [4.69, 9.17) is 9.47 Å². The summed E-state index contributed by atoms with van der Waals surface area (Å²) in [6.07, 6.45) is -2.29. The van der Waals surface area contributed by atoms with Crippen molar-refractivity contribution in [3.05, 3.63) is 71.8 Å². The number of hydrogen-bond acceptors (Lipinski definition) is 4. The SMILES string of the molecule is CCOC(=O)c1ccc(N=C2C=C(c3ccccc3)OC2(F)F)cc1. The first-order valence-corrected chi connectivity index (χ1v) is 7.70. The van der Waals surface area contributed by atoms with Gasteiger partial charge in [0.15, 0.2) is 5.71 Å². The van der Waals surface area contributed by atoms with Crippen LogP contribution in [0, 0.1) is 0 Å². The van der Waals surface area contributed by atoms with Gasteiger partial charge in [-0.2, -0.15) is 8.78 Å². The molecule has 128 valence electrons. The molecule has 0 saturated carbocycles. The van der Waals surface area contributed by atoms with Gasteiger partial charge in [-0.05, 0) is 31.2 Å². The standard InChI is InChI=1S/C19H15F2NO3/c1-2-24-18(23)14-8-10-15(11-9-14)22-17-12-16(25-19(17,20)21)13-6-4-3-5-7-13/h3-12H,2H2,1H3. The average molecular weight is 343 g/mol. The molecule has 0 spiro atoms. The molecular formula is C19H15F2NO3. The van der Waals surface area contributed by atoms with Crippen LogP contribution >= 0.6 is 0 Å². The van der Waals surface area contributed by atoms with Crippen LogP contribution in [0.15, 0.2) is 65.7 Å². The normalized spacial score (nSPS) is 17.1. The van der Waals surface area contributed by atoms with E-state index >= 15 is 0 Å². The third kappa shape index (κ3) is 3.74. The van der Waals surface area contributed by atoms with Crippen LogP contribution in [0.5, 0.6) is 0 Å². The molecule has 2 aromatic rings. The van der Waals surface area contributed by atoms with E-state index in [1.54, 1.807) is 37.3 Å². The molecule has 0 fully saturated rings. The smallest absolute Gasteiger partial charge is 0.444 e. The Morgan fingerprint density at radius 2 is 1.80 bits per heavy atom. The van der Waals surface area contributed by atoms with Crippen molar-refractivity contribution in [1.29, 1.82) is 0 Å². The van der Waals surface area contributed by atoms with Gasteiger partial charge in [-0.3, -0.25) is 0 Å². The lowest BCUT2D eigenvalue weighted by atomic mass is 10.2. The number of halogens is 2. The highest BCUT2D eigenvalue weighted by Gasteiger charge is 2.44. The average Bonchev–Trinajstić information content (AvgIpc) is 2.91. The molecule has 0 aliphatic carbocycles. The van der Waals surface area contributed by atoms with Crippen molar-refractivity contribution >= 4 is 23.1 Å². The number of rotatable bonds is 4. The van der Waals surface area contributed by atoms with Crippen molar-refractivity contribution in [2.45, 2.75) is 13.0 Å². The monoisotopic (exact) mass is 343 g/mol. The fourth-order valence-electron chi connectivity index (χ4n) is 2.30. The molecule has 0 radical (unpaired) electrons. The van der Waals surface area contributed by atoms with Crippen molar-refractivity contribution in [3.63, 3.8) is 0 Å². The van der Waals surface area contributed by atoms with Crippen LogP contribution in [-0.2, 0) is 9.47 Å². The van der Waals surface area contributed by atoms with Gasteiger partial charge < -0.3 is 9.47 Å². The van der Waals surface area contributed by atoms with Crippen LogP contribution in [-0.4, -0.2) is 24.4 Å². The Morgan fingerprint density at radius 3 is 2.44 bits per heavy atom. The molecule has 1 aliphatic heterocycles. The number of carbonyl (C=O) groups is 1.